The molecule has 1 rings (SSSR count). The summed E-state index contributed by atoms with van der Waals surface area (Å²) in [6, 6.07) is 5.00. The maximum absolute atomic E-state index is 13.0. The van der Waals surface area contributed by atoms with E-state index in [9.17, 15) is 8.42 Å². The monoisotopic (exact) mass is 341 g/mol. The molecule has 0 saturated heterocycles. The number of ether oxygens (including phenoxy) is 1. The summed E-state index contributed by atoms with van der Waals surface area (Å²) in [6.45, 7) is 16.3. The molecular weight excluding hydrogens is 310 g/mol. The van der Waals surface area contributed by atoms with Crippen LogP contribution in [0.15, 0.2) is 23.1 Å². The van der Waals surface area contributed by atoms with E-state index in [-0.39, 0.29) is 17.5 Å². The minimum atomic E-state index is -3.54. The minimum absolute atomic E-state index is 0.0929. The van der Waals surface area contributed by atoms with Crippen LogP contribution in [0.3, 0.4) is 0 Å². The molecule has 0 radical (unpaired) electrons. The molecule has 1 aromatic carbocycles. The van der Waals surface area contributed by atoms with Gasteiger partial charge in [0.1, 0.15) is 5.75 Å². The summed E-state index contributed by atoms with van der Waals surface area (Å²) in [6.07, 6.45) is 0. The van der Waals surface area contributed by atoms with Gasteiger partial charge in [-0.2, -0.15) is 4.31 Å². The number of sulfonamides is 1. The van der Waals surface area contributed by atoms with E-state index >= 15 is 0 Å². The third-order valence-corrected chi connectivity index (χ3v) is 5.90. The highest BCUT2D eigenvalue weighted by Gasteiger charge is 2.31. The van der Waals surface area contributed by atoms with Crippen LogP contribution in [0.4, 0.5) is 0 Å². The maximum atomic E-state index is 13.0. The maximum Gasteiger partial charge on any atom is 0.243 e. The van der Waals surface area contributed by atoms with Crippen LogP contribution in [0, 0.1) is 0 Å². The predicted octanol–water partition coefficient (Wildman–Crippen LogP) is 4.19. The number of hydrogen-bond donors (Lipinski definition) is 0. The third-order valence-electron chi connectivity index (χ3n) is 3.65. The normalized spacial score (nSPS) is 13.2. The number of benzene rings is 1. The largest absolute Gasteiger partial charge is 0.494 e. The molecule has 0 N–H and O–H groups in total. The Kier molecular flexibility index (Phi) is 6.27. The molecule has 4 nitrogen and oxygen atoms in total. The molecule has 23 heavy (non-hydrogen) atoms. The molecule has 0 spiro atoms. The van der Waals surface area contributed by atoms with Crippen LogP contribution in [0.5, 0.6) is 5.75 Å². The molecule has 132 valence electrons. The van der Waals surface area contributed by atoms with E-state index in [0.29, 0.717) is 11.5 Å². The fourth-order valence-corrected chi connectivity index (χ4v) is 4.67. The summed E-state index contributed by atoms with van der Waals surface area (Å²) < 4.78 is 33.3. The van der Waals surface area contributed by atoms with Crippen molar-refractivity contribution in [2.75, 3.05) is 6.61 Å². The van der Waals surface area contributed by atoms with Gasteiger partial charge in [0, 0.05) is 17.6 Å². The van der Waals surface area contributed by atoms with Crippen molar-refractivity contribution < 1.29 is 13.2 Å². The van der Waals surface area contributed by atoms with Gasteiger partial charge in [0.15, 0.2) is 0 Å². The van der Waals surface area contributed by atoms with Crippen LogP contribution >= 0.6 is 0 Å². The Morgan fingerprint density at radius 2 is 1.61 bits per heavy atom. The van der Waals surface area contributed by atoms with Crippen LogP contribution in [0.2, 0.25) is 0 Å². The van der Waals surface area contributed by atoms with E-state index in [1.807, 2.05) is 34.6 Å². The highest BCUT2D eigenvalue weighted by Crippen LogP contribution is 2.34. The summed E-state index contributed by atoms with van der Waals surface area (Å²) in [5, 5.41) is 0. The molecule has 5 heteroatoms. The summed E-state index contributed by atoms with van der Waals surface area (Å²) in [5.41, 5.74) is 0.712. The van der Waals surface area contributed by atoms with Gasteiger partial charge in [-0.25, -0.2) is 8.42 Å². The second kappa shape index (κ2) is 7.22. The van der Waals surface area contributed by atoms with E-state index in [4.69, 9.17) is 4.74 Å². The molecule has 0 amide bonds. The summed E-state index contributed by atoms with van der Waals surface area (Å²) in [4.78, 5) is 0.327. The van der Waals surface area contributed by atoms with Crippen molar-refractivity contribution in [3.63, 3.8) is 0 Å². The van der Waals surface area contributed by atoms with E-state index in [1.165, 1.54) is 0 Å². The van der Waals surface area contributed by atoms with E-state index < -0.39 is 10.0 Å². The molecule has 1 aromatic rings. The fraction of sp³-hybridized carbons (Fsp3) is 0.667. The molecule has 0 aliphatic heterocycles. The first-order valence-electron chi connectivity index (χ1n) is 8.23. The van der Waals surface area contributed by atoms with Crippen LogP contribution < -0.4 is 4.74 Å². The Hall–Kier alpha value is -1.07. The van der Waals surface area contributed by atoms with Crippen molar-refractivity contribution in [3.8, 4) is 5.75 Å². The standard InChI is InChI=1S/C18H31NO3S/c1-9-22-17-11-10-15(12-16(17)18(6,7)8)23(20,21)19(13(2)3)14(4)5/h10-14H,9H2,1-8H3. The van der Waals surface area contributed by atoms with Crippen molar-refractivity contribution in [2.24, 2.45) is 0 Å². The Balaban J connectivity index is 3.49. The number of hydrogen-bond acceptors (Lipinski definition) is 3. The van der Waals surface area contributed by atoms with Crippen LogP contribution in [-0.2, 0) is 15.4 Å². The molecule has 0 unspecified atom stereocenters. The van der Waals surface area contributed by atoms with Gasteiger partial charge in [0.25, 0.3) is 0 Å². The molecule has 0 bridgehead atoms. The zero-order chi connectivity index (χ0) is 18.0. The minimum Gasteiger partial charge on any atom is -0.494 e. The quantitative estimate of drug-likeness (QED) is 0.779. The van der Waals surface area contributed by atoms with Gasteiger partial charge in [-0.15, -0.1) is 0 Å². The highest BCUT2D eigenvalue weighted by molar-refractivity contribution is 7.89. The van der Waals surface area contributed by atoms with E-state index in [0.717, 1.165) is 11.3 Å². The fourth-order valence-electron chi connectivity index (χ4n) is 2.81. The first kappa shape index (κ1) is 20.0. The lowest BCUT2D eigenvalue weighted by Crippen LogP contribution is -2.42. The second-order valence-corrected chi connectivity index (χ2v) is 9.21. The van der Waals surface area contributed by atoms with Gasteiger partial charge >= 0.3 is 0 Å². The zero-order valence-corrected chi connectivity index (χ0v) is 16.5. The van der Waals surface area contributed by atoms with Crippen molar-refractivity contribution in [1.29, 1.82) is 0 Å². The number of nitrogens with zero attached hydrogens (tertiary/aromatic N) is 1. The van der Waals surface area contributed by atoms with Crippen molar-refractivity contribution in [1.82, 2.24) is 4.31 Å². The Labute approximate surface area is 141 Å². The summed E-state index contributed by atoms with van der Waals surface area (Å²) in [7, 11) is -3.54. The molecule has 0 aliphatic rings. The molecular formula is C18H31NO3S. The molecule has 0 fully saturated rings. The van der Waals surface area contributed by atoms with Gasteiger partial charge in [-0.3, -0.25) is 0 Å². The average Bonchev–Trinajstić information content (AvgIpc) is 2.36. The van der Waals surface area contributed by atoms with Crippen LogP contribution in [0.1, 0.15) is 61.0 Å². The first-order valence-corrected chi connectivity index (χ1v) is 9.67. The molecule has 0 aliphatic carbocycles. The van der Waals surface area contributed by atoms with Gasteiger partial charge in [-0.1, -0.05) is 20.8 Å². The third kappa shape index (κ3) is 4.48. The van der Waals surface area contributed by atoms with Gasteiger partial charge in [0.2, 0.25) is 10.0 Å². The topological polar surface area (TPSA) is 46.6 Å². The molecule has 0 heterocycles. The van der Waals surface area contributed by atoms with Crippen LogP contribution in [-0.4, -0.2) is 31.4 Å². The lowest BCUT2D eigenvalue weighted by molar-refractivity contribution is 0.302. The predicted molar refractivity (Wildman–Crippen MR) is 95.6 cm³/mol. The highest BCUT2D eigenvalue weighted by atomic mass is 32.2. The average molecular weight is 342 g/mol. The summed E-state index contributed by atoms with van der Waals surface area (Å²) in [5.74, 6) is 0.750. The molecule has 0 aromatic heterocycles. The number of rotatable bonds is 6. The van der Waals surface area contributed by atoms with Gasteiger partial charge in [0.05, 0.1) is 11.5 Å². The van der Waals surface area contributed by atoms with Gasteiger partial charge in [-0.05, 0) is 58.2 Å². The lowest BCUT2D eigenvalue weighted by Gasteiger charge is -2.30. The van der Waals surface area contributed by atoms with Crippen LogP contribution in [0.25, 0.3) is 0 Å². The molecule has 0 atom stereocenters. The second-order valence-electron chi connectivity index (χ2n) is 7.36. The van der Waals surface area contributed by atoms with Crippen molar-refractivity contribution in [2.45, 2.75) is 77.8 Å². The van der Waals surface area contributed by atoms with Crippen molar-refractivity contribution in [3.05, 3.63) is 23.8 Å². The van der Waals surface area contributed by atoms with Crippen molar-refractivity contribution >= 4 is 10.0 Å². The zero-order valence-electron chi connectivity index (χ0n) is 15.7. The smallest absolute Gasteiger partial charge is 0.243 e. The molecule has 0 saturated carbocycles. The first-order chi connectivity index (χ1) is 10.4. The van der Waals surface area contributed by atoms with E-state index in [1.54, 1.807) is 22.5 Å². The summed E-state index contributed by atoms with van der Waals surface area (Å²) >= 11 is 0. The van der Waals surface area contributed by atoms with Gasteiger partial charge < -0.3 is 4.74 Å². The lowest BCUT2D eigenvalue weighted by atomic mass is 9.86. The Morgan fingerprint density at radius 3 is 2.00 bits per heavy atom. The Morgan fingerprint density at radius 1 is 1.09 bits per heavy atom. The Bertz CT molecular complexity index is 620. The SMILES string of the molecule is CCOc1ccc(S(=O)(=O)N(C(C)C)C(C)C)cc1C(C)(C)C. The van der Waals surface area contributed by atoms with E-state index in [2.05, 4.69) is 20.8 Å².